The third-order valence-corrected chi connectivity index (χ3v) is 9.92. The average molecular weight is 793 g/mol. The Balaban J connectivity index is 1.15. The van der Waals surface area contributed by atoms with Crippen LogP contribution < -0.4 is 18.9 Å². The first-order valence-corrected chi connectivity index (χ1v) is 17.3. The van der Waals surface area contributed by atoms with Crippen molar-refractivity contribution >= 4 is 5.78 Å². The van der Waals surface area contributed by atoms with Gasteiger partial charge >= 0.3 is 0 Å². The van der Waals surface area contributed by atoms with Gasteiger partial charge in [-0.05, 0) is 29.8 Å². The highest BCUT2D eigenvalue weighted by molar-refractivity contribution is 6.05. The molecule has 4 aliphatic rings. The van der Waals surface area contributed by atoms with Crippen molar-refractivity contribution in [1.82, 2.24) is 0 Å². The SMILES string of the molecule is COc1cc(C2Oc3cc(C4Oc5cc(O)cc(O)c5C(=O)C4O)ccc3OC2O[C@H]2O[C@H](CO)[C@@H](O[C@H]3O[C@H](CO)[C@H](O)[C@H](O)[C@H]3O)[C@H](O)[C@H]2O)ccc1O. The number of aliphatic hydroxyl groups is 8. The number of carbonyl (C=O) groups is 1. The quantitative estimate of drug-likeness (QED) is 0.111. The Morgan fingerprint density at radius 1 is 0.607 bits per heavy atom. The van der Waals surface area contributed by atoms with Crippen LogP contribution in [0.1, 0.15) is 33.7 Å². The van der Waals surface area contributed by atoms with Gasteiger partial charge in [-0.15, -0.1) is 0 Å². The lowest BCUT2D eigenvalue weighted by Crippen LogP contribution is -2.65. The van der Waals surface area contributed by atoms with Crippen molar-refractivity contribution in [2.75, 3.05) is 20.3 Å². The number of aliphatic hydroxyl groups excluding tert-OH is 8. The van der Waals surface area contributed by atoms with Gasteiger partial charge < -0.3 is 94.1 Å². The van der Waals surface area contributed by atoms with E-state index in [1.165, 1.54) is 43.5 Å². The van der Waals surface area contributed by atoms with Gasteiger partial charge in [0.1, 0.15) is 71.6 Å². The zero-order valence-electron chi connectivity index (χ0n) is 29.2. The minimum atomic E-state index is -1.93. The van der Waals surface area contributed by atoms with Crippen LogP contribution in [-0.4, -0.2) is 156 Å². The fraction of sp³-hybridized carbons (Fsp3) is 0.472. The van der Waals surface area contributed by atoms with Crippen molar-refractivity contribution in [3.8, 4) is 40.2 Å². The molecule has 7 rings (SSSR count). The van der Waals surface area contributed by atoms with Crippen LogP contribution in [0.5, 0.6) is 40.2 Å². The van der Waals surface area contributed by atoms with E-state index in [1.54, 1.807) is 0 Å². The van der Waals surface area contributed by atoms with Gasteiger partial charge in [0.05, 0.1) is 20.3 Å². The van der Waals surface area contributed by atoms with Gasteiger partial charge in [-0.1, -0.05) is 12.1 Å². The van der Waals surface area contributed by atoms with Gasteiger partial charge in [0, 0.05) is 17.7 Å². The summed E-state index contributed by atoms with van der Waals surface area (Å²) >= 11 is 0. The Hall–Kier alpha value is -4.55. The number of rotatable bonds is 9. The molecule has 0 radical (unpaired) electrons. The van der Waals surface area contributed by atoms with E-state index in [0.29, 0.717) is 0 Å². The maximum atomic E-state index is 13.1. The second-order valence-corrected chi connectivity index (χ2v) is 13.5. The van der Waals surface area contributed by atoms with E-state index in [9.17, 15) is 61.0 Å². The summed E-state index contributed by atoms with van der Waals surface area (Å²) in [6.45, 7) is -1.60. The van der Waals surface area contributed by atoms with E-state index in [-0.39, 0.29) is 51.2 Å². The number of Topliss-reactive ketones (excluding diaryl/α,β-unsaturated/α-hetero) is 1. The molecule has 0 spiro atoms. The lowest BCUT2D eigenvalue weighted by molar-refractivity contribution is -0.373. The van der Waals surface area contributed by atoms with Crippen molar-refractivity contribution in [2.24, 2.45) is 0 Å². The lowest BCUT2D eigenvalue weighted by Gasteiger charge is -2.46. The summed E-state index contributed by atoms with van der Waals surface area (Å²) in [6, 6.07) is 10.5. The molecule has 20 heteroatoms. The zero-order chi connectivity index (χ0) is 40.2. The molecule has 4 aliphatic heterocycles. The number of carbonyl (C=O) groups excluding carboxylic acids is 1. The largest absolute Gasteiger partial charge is 0.508 e. The zero-order valence-corrected chi connectivity index (χ0v) is 29.2. The molecule has 3 aromatic rings. The van der Waals surface area contributed by atoms with E-state index >= 15 is 0 Å². The molecule has 20 nitrogen and oxygen atoms in total. The van der Waals surface area contributed by atoms with Gasteiger partial charge in [-0.3, -0.25) is 4.79 Å². The van der Waals surface area contributed by atoms with Crippen molar-refractivity contribution in [3.05, 3.63) is 65.2 Å². The summed E-state index contributed by atoms with van der Waals surface area (Å²) in [7, 11) is 1.31. The summed E-state index contributed by atoms with van der Waals surface area (Å²) in [5, 5.41) is 114. The molecule has 0 aliphatic carbocycles. The molecule has 56 heavy (non-hydrogen) atoms. The number of hydrogen-bond donors (Lipinski definition) is 11. The fourth-order valence-corrected chi connectivity index (χ4v) is 6.93. The molecule has 304 valence electrons. The van der Waals surface area contributed by atoms with Crippen LogP contribution in [-0.2, 0) is 18.9 Å². The third kappa shape index (κ3) is 7.15. The highest BCUT2D eigenvalue weighted by Crippen LogP contribution is 2.47. The van der Waals surface area contributed by atoms with Gasteiger partial charge in [0.2, 0.25) is 12.1 Å². The van der Waals surface area contributed by atoms with Gasteiger partial charge in [0.25, 0.3) is 0 Å². The van der Waals surface area contributed by atoms with Gasteiger partial charge in [0.15, 0.2) is 53.9 Å². The van der Waals surface area contributed by atoms with Crippen LogP contribution >= 0.6 is 0 Å². The minimum Gasteiger partial charge on any atom is -0.508 e. The second kappa shape index (κ2) is 15.8. The molecule has 14 atom stereocenters. The van der Waals surface area contributed by atoms with Crippen LogP contribution in [0.4, 0.5) is 0 Å². The van der Waals surface area contributed by atoms with Crippen LogP contribution in [0.3, 0.4) is 0 Å². The van der Waals surface area contributed by atoms with Crippen LogP contribution in [0.15, 0.2) is 48.5 Å². The van der Waals surface area contributed by atoms with E-state index < -0.39 is 111 Å². The monoisotopic (exact) mass is 792 g/mol. The number of phenolic OH excluding ortho intramolecular Hbond substituents is 3. The van der Waals surface area contributed by atoms with E-state index in [1.807, 2.05) is 0 Å². The van der Waals surface area contributed by atoms with Crippen molar-refractivity contribution in [3.63, 3.8) is 0 Å². The molecular formula is C36H40O20. The number of methoxy groups -OCH3 is 1. The standard InChI is InChI=1S/C36H40O20/c1-49-18-6-13(2-4-15(18)40)32-36(56-35-30(48)28(46)33(22(11-38)54-35)55-34-29(47)26(44)24(42)21(10-37)53-34)52-17-5-3-12(7-19(17)50-32)31-27(45)25(43)23-16(41)8-14(39)9-20(23)51-31/h2-9,21-22,24,26-42,44-48H,10-11H2,1H3/t21-,22-,24+,26+,27?,28-,29-,30-,31?,32?,33-,34-,35-,36?/m1/s1. The number of ether oxygens (including phenoxy) is 8. The molecule has 0 aromatic heterocycles. The van der Waals surface area contributed by atoms with E-state index in [4.69, 9.17) is 37.9 Å². The molecule has 0 bridgehead atoms. The first kappa shape index (κ1) is 39.7. The van der Waals surface area contributed by atoms with Crippen LogP contribution in [0, 0.1) is 0 Å². The highest BCUT2D eigenvalue weighted by Gasteiger charge is 2.52. The average Bonchev–Trinajstić information content (AvgIpc) is 3.18. The van der Waals surface area contributed by atoms with Crippen molar-refractivity contribution < 1.29 is 98.9 Å². The summed E-state index contributed by atoms with van der Waals surface area (Å²) in [6.07, 6.45) is -23.0. The summed E-state index contributed by atoms with van der Waals surface area (Å²) in [4.78, 5) is 13.1. The first-order chi connectivity index (χ1) is 26.7. The Kier molecular flexibility index (Phi) is 11.2. The number of ketones is 1. The van der Waals surface area contributed by atoms with Gasteiger partial charge in [-0.25, -0.2) is 0 Å². The number of fused-ring (bicyclic) bond motifs is 2. The molecule has 0 amide bonds. The molecule has 0 saturated carbocycles. The lowest BCUT2D eigenvalue weighted by atomic mass is 9.92. The Morgan fingerprint density at radius 3 is 1.96 bits per heavy atom. The Labute approximate surface area is 316 Å². The summed E-state index contributed by atoms with van der Waals surface area (Å²) in [5.74, 6) is -2.10. The molecule has 2 saturated heterocycles. The number of aromatic hydroxyl groups is 3. The molecule has 4 unspecified atom stereocenters. The second-order valence-electron chi connectivity index (χ2n) is 13.5. The first-order valence-electron chi connectivity index (χ1n) is 17.3. The maximum Gasteiger partial charge on any atom is 0.244 e. The van der Waals surface area contributed by atoms with Crippen LogP contribution in [0.2, 0.25) is 0 Å². The predicted molar refractivity (Wildman–Crippen MR) is 180 cm³/mol. The van der Waals surface area contributed by atoms with Crippen LogP contribution in [0.25, 0.3) is 0 Å². The highest BCUT2D eigenvalue weighted by atomic mass is 16.8. The maximum absolute atomic E-state index is 13.1. The van der Waals surface area contributed by atoms with Crippen molar-refractivity contribution in [1.29, 1.82) is 0 Å². The third-order valence-electron chi connectivity index (χ3n) is 9.92. The smallest absolute Gasteiger partial charge is 0.244 e. The topological polar surface area (TPSA) is 313 Å². The predicted octanol–water partition coefficient (Wildman–Crippen LogP) is -2.03. The fourth-order valence-electron chi connectivity index (χ4n) is 6.93. The molecular weight excluding hydrogens is 752 g/mol. The number of hydrogen-bond acceptors (Lipinski definition) is 20. The Bertz CT molecular complexity index is 1900. The normalized spacial score (nSPS) is 35.3. The van der Waals surface area contributed by atoms with Crippen molar-refractivity contribution in [2.45, 2.75) is 86.0 Å². The summed E-state index contributed by atoms with van der Waals surface area (Å²) < 4.78 is 46.4. The Morgan fingerprint density at radius 2 is 1.25 bits per heavy atom. The number of benzene rings is 3. The summed E-state index contributed by atoms with van der Waals surface area (Å²) in [5.41, 5.74) is 0.199. The number of phenols is 3. The molecule has 4 heterocycles. The molecule has 2 fully saturated rings. The molecule has 3 aromatic carbocycles. The van der Waals surface area contributed by atoms with E-state index in [0.717, 1.165) is 12.1 Å². The van der Waals surface area contributed by atoms with E-state index in [2.05, 4.69) is 0 Å². The van der Waals surface area contributed by atoms with Gasteiger partial charge in [-0.2, -0.15) is 0 Å². The molecule has 11 N–H and O–H groups in total. The minimum absolute atomic E-state index is 0.0321.